The molecular formula is C35H53IN9+. The van der Waals surface area contributed by atoms with Crippen LogP contribution < -0.4 is 28.5 Å². The van der Waals surface area contributed by atoms with Crippen LogP contribution in [0, 0.1) is 34.6 Å². The first kappa shape index (κ1) is 43.1. The first-order valence-corrected chi connectivity index (χ1v) is 14.0. The SMILES string of the molecule is C.CC1=NC=C[N+]1(C)C.Cc1ccccn1.Cc1cccnc1.Cc1ccncc1.Cc1n(C)cc[n+]1C.Cc1ncc[nH]1.[I-]. The van der Waals surface area contributed by atoms with Crippen LogP contribution in [0.2, 0.25) is 0 Å². The van der Waals surface area contributed by atoms with Gasteiger partial charge in [-0.3, -0.25) is 19.4 Å². The zero-order valence-electron chi connectivity index (χ0n) is 27.8. The summed E-state index contributed by atoms with van der Waals surface area (Å²) >= 11 is 0. The number of aliphatic imine (C=N–C) groups is 1. The molecule has 0 aromatic carbocycles. The van der Waals surface area contributed by atoms with E-state index in [1.54, 1.807) is 37.2 Å². The third kappa shape index (κ3) is 20.5. The maximum Gasteiger partial charge on any atom is 0.252 e. The first-order valence-electron chi connectivity index (χ1n) is 14.0. The molecule has 45 heavy (non-hydrogen) atoms. The van der Waals surface area contributed by atoms with Gasteiger partial charge < -0.3 is 29.0 Å². The average Bonchev–Trinajstić information content (AvgIpc) is 3.68. The van der Waals surface area contributed by atoms with Crippen molar-refractivity contribution in [3.8, 4) is 0 Å². The third-order valence-corrected chi connectivity index (χ3v) is 6.17. The fourth-order valence-corrected chi connectivity index (χ4v) is 2.90. The van der Waals surface area contributed by atoms with Gasteiger partial charge in [0.25, 0.3) is 5.82 Å². The summed E-state index contributed by atoms with van der Waals surface area (Å²) in [5.41, 5.74) is 3.54. The summed E-state index contributed by atoms with van der Waals surface area (Å²) in [6.45, 7) is 12.1. The highest BCUT2D eigenvalue weighted by Gasteiger charge is 2.19. The lowest BCUT2D eigenvalue weighted by molar-refractivity contribution is -0.740. The van der Waals surface area contributed by atoms with E-state index in [9.17, 15) is 0 Å². The minimum absolute atomic E-state index is 0. The number of nitrogens with one attached hydrogen (secondary N) is 1. The molecule has 0 amide bonds. The molecule has 10 heteroatoms. The van der Waals surface area contributed by atoms with Crippen LogP contribution in [0.25, 0.3) is 0 Å². The molecule has 0 saturated heterocycles. The molecule has 9 nitrogen and oxygen atoms in total. The lowest BCUT2D eigenvalue weighted by atomic mass is 10.3. The maximum atomic E-state index is 4.10. The van der Waals surface area contributed by atoms with E-state index in [-0.39, 0.29) is 31.4 Å². The summed E-state index contributed by atoms with van der Waals surface area (Å²) in [6, 6.07) is 13.7. The van der Waals surface area contributed by atoms with Crippen LogP contribution in [0.5, 0.6) is 0 Å². The predicted molar refractivity (Wildman–Crippen MR) is 183 cm³/mol. The zero-order valence-corrected chi connectivity index (χ0v) is 30.0. The minimum Gasteiger partial charge on any atom is -1.00 e. The van der Waals surface area contributed by atoms with Crippen molar-refractivity contribution in [2.24, 2.45) is 19.1 Å². The zero-order chi connectivity index (χ0) is 32.1. The molecule has 0 fully saturated rings. The molecule has 0 aliphatic carbocycles. The Morgan fingerprint density at radius 2 is 1.47 bits per heavy atom. The Balaban J connectivity index is 0. The van der Waals surface area contributed by atoms with Crippen LogP contribution in [0.1, 0.15) is 42.8 Å². The van der Waals surface area contributed by atoms with Gasteiger partial charge in [-0.2, -0.15) is 0 Å². The third-order valence-electron chi connectivity index (χ3n) is 6.17. The van der Waals surface area contributed by atoms with Crippen LogP contribution in [-0.4, -0.2) is 53.9 Å². The number of rotatable bonds is 0. The van der Waals surface area contributed by atoms with E-state index in [2.05, 4.69) is 66.3 Å². The number of quaternary nitrogens is 1. The van der Waals surface area contributed by atoms with Crippen molar-refractivity contribution in [3.63, 3.8) is 0 Å². The van der Waals surface area contributed by atoms with Crippen LogP contribution in [-0.2, 0) is 14.1 Å². The van der Waals surface area contributed by atoms with Crippen LogP contribution in [0.4, 0.5) is 0 Å². The van der Waals surface area contributed by atoms with E-state index in [1.165, 1.54) is 17.0 Å². The second-order valence-electron chi connectivity index (χ2n) is 10.3. The molecule has 244 valence electrons. The van der Waals surface area contributed by atoms with E-state index in [4.69, 9.17) is 0 Å². The summed E-state index contributed by atoms with van der Waals surface area (Å²) in [4.78, 5) is 22.6. The second kappa shape index (κ2) is 24.3. The molecule has 0 bridgehead atoms. The molecule has 0 atom stereocenters. The van der Waals surface area contributed by atoms with Crippen molar-refractivity contribution >= 4 is 5.84 Å². The molecule has 6 rings (SSSR count). The number of amidine groups is 1. The minimum atomic E-state index is 0. The van der Waals surface area contributed by atoms with Gasteiger partial charge in [-0.15, -0.1) is 0 Å². The van der Waals surface area contributed by atoms with Gasteiger partial charge in [-0.1, -0.05) is 19.6 Å². The highest BCUT2D eigenvalue weighted by Crippen LogP contribution is 2.07. The summed E-state index contributed by atoms with van der Waals surface area (Å²) in [5, 5.41) is 0. The highest BCUT2D eigenvalue weighted by atomic mass is 127. The van der Waals surface area contributed by atoms with E-state index >= 15 is 0 Å². The van der Waals surface area contributed by atoms with Gasteiger partial charge in [0.15, 0.2) is 0 Å². The van der Waals surface area contributed by atoms with Crippen LogP contribution >= 0.6 is 0 Å². The first-order chi connectivity index (χ1) is 20.4. The number of hydrogen-bond acceptors (Lipinski definition) is 5. The molecule has 5 aromatic rings. The molecule has 0 unspecified atom stereocenters. The van der Waals surface area contributed by atoms with Gasteiger partial charge in [-0.05, 0) is 69.2 Å². The molecule has 5 aromatic heterocycles. The highest BCUT2D eigenvalue weighted by molar-refractivity contribution is 5.75. The fraction of sp³-hybridized carbons (Fsp3) is 0.314. The number of H-pyrrole nitrogens is 1. The largest absolute Gasteiger partial charge is 1.00 e. The number of hydrogen-bond donors (Lipinski definition) is 1. The fourth-order valence-electron chi connectivity index (χ4n) is 2.90. The van der Waals surface area contributed by atoms with Crippen molar-refractivity contribution in [3.05, 3.63) is 139 Å². The lowest BCUT2D eigenvalue weighted by Gasteiger charge is -2.18. The summed E-state index contributed by atoms with van der Waals surface area (Å²) < 4.78 is 4.97. The normalized spacial score (nSPS) is 11.2. The van der Waals surface area contributed by atoms with Gasteiger partial charge in [0.1, 0.15) is 24.4 Å². The Morgan fingerprint density at radius 3 is 1.67 bits per heavy atom. The molecule has 6 heterocycles. The lowest BCUT2D eigenvalue weighted by Crippen LogP contribution is -3.00. The average molecular weight is 727 g/mol. The van der Waals surface area contributed by atoms with Crippen molar-refractivity contribution < 1.29 is 33.0 Å². The number of pyridine rings is 3. The van der Waals surface area contributed by atoms with Crippen molar-refractivity contribution in [2.45, 2.75) is 49.0 Å². The number of halogens is 1. The monoisotopic (exact) mass is 726 g/mol. The quantitative estimate of drug-likeness (QED) is 0.150. The number of aryl methyl sites for hydroxylation is 6. The second-order valence-corrected chi connectivity index (χ2v) is 10.3. The summed E-state index contributed by atoms with van der Waals surface area (Å²) in [5.74, 6) is 3.38. The molecule has 0 spiro atoms. The number of nitrogens with zero attached hydrogens (tertiary/aromatic N) is 8. The molecule has 0 radical (unpaired) electrons. The Bertz CT molecular complexity index is 1340. The molecule has 1 aliphatic heterocycles. The van der Waals surface area contributed by atoms with Gasteiger partial charge in [0, 0.05) is 62.9 Å². The van der Waals surface area contributed by atoms with Crippen molar-refractivity contribution in [2.75, 3.05) is 14.1 Å². The number of aromatic amines is 1. The molecule has 1 N–H and O–H groups in total. The summed E-state index contributed by atoms with van der Waals surface area (Å²) in [6.07, 6.45) is 20.5. The number of imidazole rings is 2. The predicted octanol–water partition coefficient (Wildman–Crippen LogP) is 3.65. The smallest absolute Gasteiger partial charge is 0.252 e. The standard InChI is InChI=1S/2C6H11N2.3C6H7N.C4H6N2.CH4.HI/c1-6-7-4-5-8(6,2)3;1-6-7(2)4-5-8(6)3;1-6-2-4-7-5-3-6;1-6-3-2-4-7-5-6;1-6-4-2-3-5-7-6;1-4-5-2-3-6-4;;/h2*4-5H,1-3H3;3*2-5H,1H3;2-3H,1H3,(H,5,6);1H4;1H/q2*+1;;;;;;/p-1. The number of aromatic nitrogens is 7. The Kier molecular flexibility index (Phi) is 23.3. The molecule has 1 aliphatic rings. The van der Waals surface area contributed by atoms with Crippen molar-refractivity contribution in [1.82, 2.24) is 29.5 Å². The van der Waals surface area contributed by atoms with E-state index in [0.29, 0.717) is 0 Å². The molecule has 0 saturated carbocycles. The Hall–Kier alpha value is -4.03. The summed E-state index contributed by atoms with van der Waals surface area (Å²) in [7, 11) is 8.27. The van der Waals surface area contributed by atoms with Crippen LogP contribution in [0.3, 0.4) is 0 Å². The van der Waals surface area contributed by atoms with Gasteiger partial charge in [-0.25, -0.2) is 19.1 Å². The van der Waals surface area contributed by atoms with Gasteiger partial charge in [0.2, 0.25) is 5.84 Å². The molecular weight excluding hydrogens is 673 g/mol. The van der Waals surface area contributed by atoms with E-state index in [1.807, 2.05) is 116 Å². The van der Waals surface area contributed by atoms with Gasteiger partial charge >= 0.3 is 0 Å². The topological polar surface area (TPSA) is 88.5 Å². The maximum absolute atomic E-state index is 4.10. The van der Waals surface area contributed by atoms with Crippen LogP contribution in [0.15, 0.2) is 116 Å². The van der Waals surface area contributed by atoms with E-state index < -0.39 is 0 Å². The Labute approximate surface area is 288 Å². The van der Waals surface area contributed by atoms with E-state index in [0.717, 1.165) is 21.8 Å². The van der Waals surface area contributed by atoms with Gasteiger partial charge in [0.05, 0.1) is 34.4 Å². The van der Waals surface area contributed by atoms with Crippen molar-refractivity contribution in [1.29, 1.82) is 0 Å². The Morgan fingerprint density at radius 1 is 0.778 bits per heavy atom.